The quantitative estimate of drug-likeness (QED) is 0.742. The molecule has 0 atom stereocenters. The molecule has 7 heteroatoms. The van der Waals surface area contributed by atoms with E-state index in [1.54, 1.807) is 6.07 Å². The predicted molar refractivity (Wildman–Crippen MR) is 73.8 cm³/mol. The second kappa shape index (κ2) is 4.75. The lowest BCUT2D eigenvalue weighted by molar-refractivity contribution is 0.542. The molecule has 0 bridgehead atoms. The Labute approximate surface area is 120 Å². The number of rotatable bonds is 2. The number of hydrogen-bond acceptors (Lipinski definition) is 3. The number of anilines is 1. The Morgan fingerprint density at radius 2 is 2.00 bits per heavy atom. The summed E-state index contributed by atoms with van der Waals surface area (Å²) in [6, 6.07) is 4.97. The number of aromatic nitrogens is 2. The van der Waals surface area contributed by atoms with Gasteiger partial charge < -0.3 is 10.2 Å². The first-order valence-electron chi connectivity index (χ1n) is 5.60. The van der Waals surface area contributed by atoms with Crippen molar-refractivity contribution in [2.75, 3.05) is 5.73 Å². The maximum Gasteiger partial charge on any atom is 0.178 e. The van der Waals surface area contributed by atoms with Crippen LogP contribution < -0.4 is 5.73 Å². The van der Waals surface area contributed by atoms with Gasteiger partial charge in [-0.3, -0.25) is 5.10 Å². The van der Waals surface area contributed by atoms with Crippen molar-refractivity contribution in [3.05, 3.63) is 46.8 Å². The largest absolute Gasteiger partial charge is 0.457 e. The van der Waals surface area contributed by atoms with E-state index in [4.69, 9.17) is 10.2 Å². The number of H-pyrrole nitrogens is 1. The fourth-order valence-corrected chi connectivity index (χ4v) is 2.43. The highest BCUT2D eigenvalue weighted by atomic mass is 79.9. The molecule has 0 aliphatic rings. The molecule has 3 aromatic rings. The van der Waals surface area contributed by atoms with Gasteiger partial charge in [0, 0.05) is 11.6 Å². The molecule has 0 radical (unpaired) electrons. The summed E-state index contributed by atoms with van der Waals surface area (Å²) in [6.07, 6.45) is 1.47. The van der Waals surface area contributed by atoms with Crippen LogP contribution in [0.15, 0.2) is 39.6 Å². The summed E-state index contributed by atoms with van der Waals surface area (Å²) in [6.45, 7) is 0. The highest BCUT2D eigenvalue weighted by Crippen LogP contribution is 2.39. The van der Waals surface area contributed by atoms with Gasteiger partial charge in [0.1, 0.15) is 11.6 Å². The summed E-state index contributed by atoms with van der Waals surface area (Å²) in [7, 11) is 0. The summed E-state index contributed by atoms with van der Waals surface area (Å²) in [5, 5.41) is 6.62. The average molecular weight is 340 g/mol. The van der Waals surface area contributed by atoms with Gasteiger partial charge in [0.2, 0.25) is 0 Å². The van der Waals surface area contributed by atoms with Gasteiger partial charge in [-0.15, -0.1) is 0 Å². The molecule has 2 heterocycles. The highest BCUT2D eigenvalue weighted by Gasteiger charge is 2.20. The number of halogens is 3. The molecular weight excluding hydrogens is 332 g/mol. The van der Waals surface area contributed by atoms with Crippen molar-refractivity contribution in [1.82, 2.24) is 10.2 Å². The first-order chi connectivity index (χ1) is 9.58. The van der Waals surface area contributed by atoms with E-state index in [1.807, 2.05) is 0 Å². The summed E-state index contributed by atoms with van der Waals surface area (Å²) in [5.41, 5.74) is 7.46. The molecule has 0 fully saturated rings. The van der Waals surface area contributed by atoms with Crippen LogP contribution in [0.3, 0.4) is 0 Å². The molecule has 0 spiro atoms. The number of furan rings is 1. The molecule has 4 nitrogen and oxygen atoms in total. The molecule has 1 aromatic carbocycles. The van der Waals surface area contributed by atoms with Crippen molar-refractivity contribution in [3.8, 4) is 22.4 Å². The van der Waals surface area contributed by atoms with E-state index in [-0.39, 0.29) is 11.4 Å². The van der Waals surface area contributed by atoms with E-state index < -0.39 is 11.6 Å². The van der Waals surface area contributed by atoms with Gasteiger partial charge in [0.15, 0.2) is 10.5 Å². The van der Waals surface area contributed by atoms with E-state index in [1.165, 1.54) is 18.4 Å². The van der Waals surface area contributed by atoms with Crippen LogP contribution in [-0.2, 0) is 0 Å². The Bertz CT molecular complexity index is 782. The van der Waals surface area contributed by atoms with Crippen molar-refractivity contribution >= 4 is 21.7 Å². The monoisotopic (exact) mass is 339 g/mol. The zero-order valence-electron chi connectivity index (χ0n) is 9.95. The molecule has 0 amide bonds. The van der Waals surface area contributed by atoms with Gasteiger partial charge in [0.25, 0.3) is 0 Å². The van der Waals surface area contributed by atoms with Crippen molar-refractivity contribution in [2.45, 2.75) is 0 Å². The van der Waals surface area contributed by atoms with Crippen molar-refractivity contribution < 1.29 is 13.2 Å². The van der Waals surface area contributed by atoms with Crippen LogP contribution in [0.2, 0.25) is 0 Å². The van der Waals surface area contributed by atoms with Gasteiger partial charge in [0.05, 0.1) is 23.1 Å². The first kappa shape index (κ1) is 12.9. The van der Waals surface area contributed by atoms with Crippen molar-refractivity contribution in [3.63, 3.8) is 0 Å². The first-order valence-corrected chi connectivity index (χ1v) is 6.40. The lowest BCUT2D eigenvalue weighted by atomic mass is 10.0. The van der Waals surface area contributed by atoms with E-state index >= 15 is 0 Å². The molecule has 0 unspecified atom stereocenters. The van der Waals surface area contributed by atoms with Gasteiger partial charge in [-0.2, -0.15) is 5.10 Å². The fraction of sp³-hybridized carbons (Fsp3) is 0. The molecule has 20 heavy (non-hydrogen) atoms. The maximum atomic E-state index is 13.9. The highest BCUT2D eigenvalue weighted by molar-refractivity contribution is 9.10. The van der Waals surface area contributed by atoms with Crippen LogP contribution in [-0.4, -0.2) is 10.2 Å². The Morgan fingerprint density at radius 3 is 2.65 bits per heavy atom. The minimum atomic E-state index is -0.709. The minimum absolute atomic E-state index is 0.124. The van der Waals surface area contributed by atoms with Gasteiger partial charge >= 0.3 is 0 Å². The van der Waals surface area contributed by atoms with Gasteiger partial charge in [-0.25, -0.2) is 8.78 Å². The zero-order valence-corrected chi connectivity index (χ0v) is 11.5. The number of nitrogens with zero attached hydrogens (tertiary/aromatic N) is 1. The number of nitrogen functional groups attached to an aromatic ring is 1. The Morgan fingerprint density at radius 1 is 1.20 bits per heavy atom. The summed E-state index contributed by atoms with van der Waals surface area (Å²) in [5.74, 6) is -1.24. The van der Waals surface area contributed by atoms with E-state index in [2.05, 4.69) is 26.1 Å². The lowest BCUT2D eigenvalue weighted by Crippen LogP contribution is -1.92. The Hall–Kier alpha value is -2.15. The summed E-state index contributed by atoms with van der Waals surface area (Å²) >= 11 is 3.24. The second-order valence-corrected chi connectivity index (χ2v) is 4.81. The van der Waals surface area contributed by atoms with Crippen LogP contribution in [0, 0.1) is 11.6 Å². The zero-order chi connectivity index (χ0) is 14.3. The Kier molecular flexibility index (Phi) is 3.06. The minimum Gasteiger partial charge on any atom is -0.457 e. The topological polar surface area (TPSA) is 67.8 Å². The predicted octanol–water partition coefficient (Wildman–Crippen LogP) is 3.96. The third-order valence-corrected chi connectivity index (χ3v) is 3.50. The molecule has 3 rings (SSSR count). The molecule has 3 N–H and O–H groups in total. The van der Waals surface area contributed by atoms with Crippen LogP contribution >= 0.6 is 15.9 Å². The number of aromatic amines is 1. The molecule has 0 saturated carbocycles. The third-order valence-electron chi connectivity index (χ3n) is 2.88. The standard InChI is InChI=1S/C13H8BrF2N3O/c14-12-8(3-4-20-12)11-10(13(17)19-18-11)7-2-1-6(15)5-9(7)16/h1-5H,(H3,17,18,19). The van der Waals surface area contributed by atoms with Crippen LogP contribution in [0.25, 0.3) is 22.4 Å². The van der Waals surface area contributed by atoms with E-state index in [9.17, 15) is 8.78 Å². The third kappa shape index (κ3) is 2.00. The maximum absolute atomic E-state index is 13.9. The second-order valence-electron chi connectivity index (χ2n) is 4.09. The lowest BCUT2D eigenvalue weighted by Gasteiger charge is -2.05. The molecule has 102 valence electrons. The summed E-state index contributed by atoms with van der Waals surface area (Å²) in [4.78, 5) is 0. The number of hydrogen-bond donors (Lipinski definition) is 2. The van der Waals surface area contributed by atoms with E-state index in [0.717, 1.165) is 6.07 Å². The van der Waals surface area contributed by atoms with Crippen LogP contribution in [0.5, 0.6) is 0 Å². The van der Waals surface area contributed by atoms with Crippen LogP contribution in [0.1, 0.15) is 0 Å². The van der Waals surface area contributed by atoms with Crippen molar-refractivity contribution in [2.24, 2.45) is 0 Å². The normalized spacial score (nSPS) is 10.9. The molecule has 0 aliphatic heterocycles. The molecule has 0 saturated heterocycles. The number of nitrogens with two attached hydrogens (primary N) is 1. The van der Waals surface area contributed by atoms with Gasteiger partial charge in [-0.05, 0) is 34.1 Å². The average Bonchev–Trinajstić information content (AvgIpc) is 2.96. The van der Waals surface area contributed by atoms with E-state index in [0.29, 0.717) is 21.5 Å². The molecule has 0 aliphatic carbocycles. The van der Waals surface area contributed by atoms with Gasteiger partial charge in [-0.1, -0.05) is 0 Å². The SMILES string of the molecule is Nc1n[nH]c(-c2ccoc2Br)c1-c1ccc(F)cc1F. The fourth-order valence-electron chi connectivity index (χ4n) is 1.99. The molecule has 2 aromatic heterocycles. The number of nitrogens with one attached hydrogen (secondary N) is 1. The van der Waals surface area contributed by atoms with Crippen molar-refractivity contribution in [1.29, 1.82) is 0 Å². The smallest absolute Gasteiger partial charge is 0.178 e. The molecular formula is C13H8BrF2N3O. The Balaban J connectivity index is 2.24. The summed E-state index contributed by atoms with van der Waals surface area (Å²) < 4.78 is 32.6. The number of benzene rings is 1. The van der Waals surface area contributed by atoms with Crippen LogP contribution in [0.4, 0.5) is 14.6 Å².